The summed E-state index contributed by atoms with van der Waals surface area (Å²) in [6.45, 7) is 4.39. The molecule has 5 heteroatoms. The highest BCUT2D eigenvalue weighted by Crippen LogP contribution is 2.30. The van der Waals surface area contributed by atoms with Crippen LogP contribution in [0.5, 0.6) is 0 Å². The van der Waals surface area contributed by atoms with Crippen molar-refractivity contribution in [2.75, 3.05) is 33.7 Å². The number of halogens is 2. The lowest BCUT2D eigenvalue weighted by molar-refractivity contribution is 0.218. The maximum absolute atomic E-state index is 5.93. The van der Waals surface area contributed by atoms with Crippen molar-refractivity contribution in [3.05, 3.63) is 35.6 Å². The van der Waals surface area contributed by atoms with Gasteiger partial charge in [0, 0.05) is 43.5 Å². The van der Waals surface area contributed by atoms with E-state index in [2.05, 4.69) is 42.1 Å². The van der Waals surface area contributed by atoms with E-state index in [1.165, 1.54) is 16.7 Å². The third-order valence-electron chi connectivity index (χ3n) is 3.68. The number of fused-ring (bicyclic) bond motifs is 3. The molecule has 2 heterocycles. The van der Waals surface area contributed by atoms with Crippen LogP contribution in [0.2, 0.25) is 0 Å². The number of rotatable bonds is 3. The van der Waals surface area contributed by atoms with E-state index in [1.54, 1.807) is 0 Å². The van der Waals surface area contributed by atoms with Crippen molar-refractivity contribution in [2.45, 2.75) is 13.0 Å². The van der Waals surface area contributed by atoms with E-state index in [0.29, 0.717) is 0 Å². The first-order chi connectivity index (χ1) is 8.74. The molecule has 3 nitrogen and oxygen atoms in total. The van der Waals surface area contributed by atoms with Gasteiger partial charge in [0.2, 0.25) is 0 Å². The summed E-state index contributed by atoms with van der Waals surface area (Å²) in [6.07, 6.45) is 1.04. The van der Waals surface area contributed by atoms with Crippen LogP contribution in [0, 0.1) is 0 Å². The van der Waals surface area contributed by atoms with Gasteiger partial charge in [-0.2, -0.15) is 0 Å². The fourth-order valence-electron chi connectivity index (χ4n) is 2.62. The Morgan fingerprint density at radius 3 is 2.70 bits per heavy atom. The molecule has 112 valence electrons. The van der Waals surface area contributed by atoms with Crippen molar-refractivity contribution in [3.8, 4) is 0 Å². The molecule has 0 bridgehead atoms. The van der Waals surface area contributed by atoms with Gasteiger partial charge in [-0.25, -0.2) is 0 Å². The van der Waals surface area contributed by atoms with Crippen LogP contribution >= 0.6 is 24.8 Å². The number of benzene rings is 1. The molecule has 0 N–H and O–H groups in total. The lowest BCUT2D eigenvalue weighted by atomic mass is 10.0. The van der Waals surface area contributed by atoms with E-state index in [9.17, 15) is 0 Å². The smallest absolute Gasteiger partial charge is 0.134 e. The Bertz CT molecular complexity index is 554. The van der Waals surface area contributed by atoms with Gasteiger partial charge in [-0.3, -0.25) is 4.90 Å². The van der Waals surface area contributed by atoms with Gasteiger partial charge in [0.1, 0.15) is 11.3 Å². The minimum absolute atomic E-state index is 0. The molecular formula is C15H22Cl2N2O. The molecule has 3 rings (SSSR count). The highest BCUT2D eigenvalue weighted by Gasteiger charge is 2.21. The zero-order valence-electron chi connectivity index (χ0n) is 12.0. The summed E-state index contributed by atoms with van der Waals surface area (Å²) in [6, 6.07) is 8.38. The quantitative estimate of drug-likeness (QED) is 0.867. The second-order valence-electron chi connectivity index (χ2n) is 5.33. The molecule has 0 fully saturated rings. The first kappa shape index (κ1) is 17.3. The molecular weight excluding hydrogens is 295 g/mol. The summed E-state index contributed by atoms with van der Waals surface area (Å²) < 4.78 is 5.93. The average molecular weight is 317 g/mol. The van der Waals surface area contributed by atoms with Crippen LogP contribution in [0.3, 0.4) is 0 Å². The van der Waals surface area contributed by atoms with Crippen LogP contribution in [0.4, 0.5) is 0 Å². The Morgan fingerprint density at radius 2 is 1.95 bits per heavy atom. The van der Waals surface area contributed by atoms with E-state index >= 15 is 0 Å². The molecule has 0 aliphatic carbocycles. The molecule has 0 unspecified atom stereocenters. The molecule has 1 aliphatic rings. The SMILES string of the molecule is CN(C)CCN1CCc2oc3ccccc3c2C1.Cl.Cl. The highest BCUT2D eigenvalue weighted by atomic mass is 35.5. The molecule has 0 radical (unpaired) electrons. The third kappa shape index (κ3) is 3.47. The highest BCUT2D eigenvalue weighted by molar-refractivity contribution is 5.85. The van der Waals surface area contributed by atoms with E-state index in [0.717, 1.165) is 38.2 Å². The third-order valence-corrected chi connectivity index (χ3v) is 3.68. The van der Waals surface area contributed by atoms with Crippen molar-refractivity contribution >= 4 is 35.8 Å². The van der Waals surface area contributed by atoms with Gasteiger partial charge in [0.15, 0.2) is 0 Å². The van der Waals surface area contributed by atoms with Gasteiger partial charge >= 0.3 is 0 Å². The first-order valence-electron chi connectivity index (χ1n) is 6.60. The molecule has 1 aromatic heterocycles. The number of nitrogens with zero attached hydrogens (tertiary/aromatic N) is 2. The summed E-state index contributed by atoms with van der Waals surface area (Å²) in [7, 11) is 4.26. The Balaban J connectivity index is 0.000001000. The Kier molecular flexibility index (Phi) is 6.34. The Hall–Kier alpha value is -0.740. The van der Waals surface area contributed by atoms with E-state index in [-0.39, 0.29) is 24.8 Å². The number of para-hydroxylation sites is 1. The van der Waals surface area contributed by atoms with Crippen molar-refractivity contribution in [1.82, 2.24) is 9.80 Å². The normalized spacial score (nSPS) is 14.8. The Labute approximate surface area is 132 Å². The maximum atomic E-state index is 5.93. The fraction of sp³-hybridized carbons (Fsp3) is 0.467. The standard InChI is InChI=1S/C15H20N2O.2ClH/c1-16(2)9-10-17-8-7-15-13(11-17)12-5-3-4-6-14(12)18-15;;/h3-6H,7-11H2,1-2H3;2*1H. The summed E-state index contributed by atoms with van der Waals surface area (Å²) >= 11 is 0. The monoisotopic (exact) mass is 316 g/mol. The molecule has 1 aromatic carbocycles. The predicted octanol–water partition coefficient (Wildman–Crippen LogP) is 3.20. The van der Waals surface area contributed by atoms with Crippen LogP contribution < -0.4 is 0 Å². The van der Waals surface area contributed by atoms with Crippen LogP contribution in [-0.2, 0) is 13.0 Å². The summed E-state index contributed by atoms with van der Waals surface area (Å²) in [5.41, 5.74) is 2.44. The molecule has 0 spiro atoms. The van der Waals surface area contributed by atoms with Gasteiger partial charge in [0.05, 0.1) is 0 Å². The van der Waals surface area contributed by atoms with E-state index < -0.39 is 0 Å². The second-order valence-corrected chi connectivity index (χ2v) is 5.33. The average Bonchev–Trinajstić information content (AvgIpc) is 2.74. The lowest BCUT2D eigenvalue weighted by Gasteiger charge is -2.27. The summed E-state index contributed by atoms with van der Waals surface area (Å²) in [4.78, 5) is 4.76. The predicted molar refractivity (Wildman–Crippen MR) is 88.2 cm³/mol. The van der Waals surface area contributed by atoms with Gasteiger partial charge in [-0.1, -0.05) is 18.2 Å². The largest absolute Gasteiger partial charge is 0.461 e. The van der Waals surface area contributed by atoms with Gasteiger partial charge < -0.3 is 9.32 Å². The molecule has 0 saturated heterocycles. The number of hydrogen-bond donors (Lipinski definition) is 0. The van der Waals surface area contributed by atoms with Crippen molar-refractivity contribution in [1.29, 1.82) is 0 Å². The van der Waals surface area contributed by atoms with Gasteiger partial charge in [-0.05, 0) is 20.2 Å². The number of furan rings is 1. The molecule has 0 saturated carbocycles. The van der Waals surface area contributed by atoms with E-state index in [1.807, 2.05) is 6.07 Å². The number of likely N-dealkylation sites (N-methyl/N-ethyl adjacent to an activating group) is 1. The van der Waals surface area contributed by atoms with Crippen LogP contribution in [0.25, 0.3) is 11.0 Å². The Morgan fingerprint density at radius 1 is 1.20 bits per heavy atom. The van der Waals surface area contributed by atoms with Gasteiger partial charge in [-0.15, -0.1) is 24.8 Å². The van der Waals surface area contributed by atoms with Crippen molar-refractivity contribution < 1.29 is 4.42 Å². The summed E-state index contributed by atoms with van der Waals surface area (Å²) in [5, 5.41) is 1.29. The van der Waals surface area contributed by atoms with Crippen LogP contribution in [0.15, 0.2) is 28.7 Å². The molecule has 0 atom stereocenters. The van der Waals surface area contributed by atoms with Gasteiger partial charge in [0.25, 0.3) is 0 Å². The lowest BCUT2D eigenvalue weighted by Crippen LogP contribution is -2.35. The van der Waals surface area contributed by atoms with E-state index in [4.69, 9.17) is 4.42 Å². The first-order valence-corrected chi connectivity index (χ1v) is 6.60. The van der Waals surface area contributed by atoms with Crippen molar-refractivity contribution in [3.63, 3.8) is 0 Å². The zero-order valence-corrected chi connectivity index (χ0v) is 13.6. The minimum Gasteiger partial charge on any atom is -0.461 e. The number of hydrogen-bond acceptors (Lipinski definition) is 3. The second kappa shape index (κ2) is 7.32. The molecule has 2 aromatic rings. The van der Waals surface area contributed by atoms with Crippen molar-refractivity contribution in [2.24, 2.45) is 0 Å². The summed E-state index contributed by atoms with van der Waals surface area (Å²) in [5.74, 6) is 1.19. The molecule has 0 amide bonds. The topological polar surface area (TPSA) is 19.6 Å². The fourth-order valence-corrected chi connectivity index (χ4v) is 2.62. The van der Waals surface area contributed by atoms with Crippen LogP contribution in [-0.4, -0.2) is 43.5 Å². The maximum Gasteiger partial charge on any atom is 0.134 e. The van der Waals surface area contributed by atoms with Crippen LogP contribution in [0.1, 0.15) is 11.3 Å². The zero-order chi connectivity index (χ0) is 12.5. The molecule has 1 aliphatic heterocycles. The molecule has 20 heavy (non-hydrogen) atoms. The minimum atomic E-state index is 0.